The van der Waals surface area contributed by atoms with Crippen molar-refractivity contribution >= 4 is 12.0 Å². The number of rotatable bonds is 3. The van der Waals surface area contributed by atoms with Crippen molar-refractivity contribution in [3.8, 4) is 0 Å². The molecule has 9 heavy (non-hydrogen) atoms. The molecule has 0 unspecified atom stereocenters. The molecule has 0 fully saturated rings. The molecule has 0 bridgehead atoms. The second-order valence-corrected chi connectivity index (χ2v) is 1.56. The zero-order valence-corrected chi connectivity index (χ0v) is 5.64. The lowest BCUT2D eigenvalue weighted by Gasteiger charge is -1.88. The number of Topliss-reactive ketones (excluding diaryl/α,β-unsaturated/α-hetero) is 1. The summed E-state index contributed by atoms with van der Waals surface area (Å²) in [6, 6.07) is 0. The van der Waals surface area contributed by atoms with Crippen LogP contribution in [0.1, 0.15) is 6.92 Å². The first-order valence-electron chi connectivity index (χ1n) is 2.58. The molecule has 50 valence electrons. The van der Waals surface area contributed by atoms with E-state index in [0.717, 1.165) is 0 Å². The molecular weight excluding hydrogens is 116 g/mol. The topological polar surface area (TPSA) is 41.5 Å². The number of ketones is 1. The van der Waals surface area contributed by atoms with E-state index in [1.807, 2.05) is 0 Å². The molecule has 1 N–H and O–H groups in total. The van der Waals surface area contributed by atoms with E-state index in [-0.39, 0.29) is 5.78 Å². The molecule has 0 saturated carbocycles. The van der Waals surface area contributed by atoms with E-state index >= 15 is 0 Å². The molecule has 0 aromatic carbocycles. The molecule has 3 heteroatoms. The van der Waals surface area contributed by atoms with Crippen LogP contribution in [0.4, 0.5) is 0 Å². The van der Waals surface area contributed by atoms with Crippen molar-refractivity contribution in [1.29, 1.82) is 0 Å². The van der Waals surface area contributed by atoms with Gasteiger partial charge in [-0.3, -0.25) is 4.79 Å². The molecule has 0 rings (SSSR count). The molecule has 0 atom stereocenters. The van der Waals surface area contributed by atoms with Gasteiger partial charge in [-0.1, -0.05) is 6.58 Å². The van der Waals surface area contributed by atoms with Crippen LogP contribution in [0.5, 0.6) is 0 Å². The van der Waals surface area contributed by atoms with E-state index in [2.05, 4.69) is 17.1 Å². The lowest BCUT2D eigenvalue weighted by Crippen LogP contribution is -2.00. The Bertz CT molecular complexity index is 149. The first-order valence-corrected chi connectivity index (χ1v) is 2.58. The minimum Gasteiger partial charge on any atom is -0.313 e. The van der Waals surface area contributed by atoms with Crippen LogP contribution in [0.15, 0.2) is 17.3 Å². The van der Waals surface area contributed by atoms with Gasteiger partial charge < -0.3 is 5.43 Å². The molecule has 0 radical (unpaired) electrons. The average Bonchev–Trinajstić information content (AvgIpc) is 1.82. The summed E-state index contributed by atoms with van der Waals surface area (Å²) in [4.78, 5) is 10.4. The van der Waals surface area contributed by atoms with Gasteiger partial charge in [-0.15, -0.1) is 0 Å². The number of hydrogen-bond acceptors (Lipinski definition) is 3. The Labute approximate surface area is 54.5 Å². The van der Waals surface area contributed by atoms with Gasteiger partial charge in [0.15, 0.2) is 5.78 Å². The first-order chi connectivity index (χ1) is 4.18. The van der Waals surface area contributed by atoms with Crippen LogP contribution in [0.3, 0.4) is 0 Å². The molecule has 0 saturated heterocycles. The van der Waals surface area contributed by atoms with Crippen molar-refractivity contribution < 1.29 is 4.79 Å². The summed E-state index contributed by atoms with van der Waals surface area (Å²) >= 11 is 0. The molecule has 0 aromatic heterocycles. The summed E-state index contributed by atoms with van der Waals surface area (Å²) in [7, 11) is 1.66. The summed E-state index contributed by atoms with van der Waals surface area (Å²) in [6.07, 6.45) is 1.39. The van der Waals surface area contributed by atoms with Gasteiger partial charge in [0.05, 0.1) is 6.21 Å². The SMILES string of the molecule is C=C(/C=N\NC)C(C)=O. The number of carbonyl (C=O) groups excluding carboxylic acids is 1. The van der Waals surface area contributed by atoms with Crippen molar-refractivity contribution in [3.63, 3.8) is 0 Å². The van der Waals surface area contributed by atoms with Gasteiger partial charge in [0.2, 0.25) is 0 Å². The molecule has 0 amide bonds. The van der Waals surface area contributed by atoms with Crippen LogP contribution < -0.4 is 5.43 Å². The summed E-state index contributed by atoms with van der Waals surface area (Å²) in [5.74, 6) is -0.0611. The number of nitrogens with one attached hydrogen (secondary N) is 1. The lowest BCUT2D eigenvalue weighted by atomic mass is 10.2. The zero-order valence-electron chi connectivity index (χ0n) is 5.64. The Morgan fingerprint density at radius 3 is 2.67 bits per heavy atom. The Balaban J connectivity index is 3.77. The quantitative estimate of drug-likeness (QED) is 0.336. The van der Waals surface area contributed by atoms with E-state index < -0.39 is 0 Å². The molecule has 0 spiro atoms. The van der Waals surface area contributed by atoms with Gasteiger partial charge >= 0.3 is 0 Å². The highest BCUT2D eigenvalue weighted by Gasteiger charge is 1.92. The molecule has 0 aromatic rings. The highest BCUT2D eigenvalue weighted by molar-refractivity contribution is 6.11. The molecule has 0 aliphatic rings. The second-order valence-electron chi connectivity index (χ2n) is 1.56. The fourth-order valence-electron chi connectivity index (χ4n) is 0.233. The number of nitrogens with zero attached hydrogens (tertiary/aromatic N) is 1. The van der Waals surface area contributed by atoms with Crippen LogP contribution in [-0.4, -0.2) is 19.0 Å². The van der Waals surface area contributed by atoms with Crippen molar-refractivity contribution in [1.82, 2.24) is 5.43 Å². The van der Waals surface area contributed by atoms with Crippen LogP contribution in [0.2, 0.25) is 0 Å². The second kappa shape index (κ2) is 3.83. The zero-order chi connectivity index (χ0) is 7.28. The summed E-state index contributed by atoms with van der Waals surface area (Å²) in [5.41, 5.74) is 2.92. The van der Waals surface area contributed by atoms with Crippen molar-refractivity contribution in [2.45, 2.75) is 6.92 Å². The minimum absolute atomic E-state index is 0.0611. The molecule has 3 nitrogen and oxygen atoms in total. The largest absolute Gasteiger partial charge is 0.313 e. The van der Waals surface area contributed by atoms with Gasteiger partial charge in [0.1, 0.15) is 0 Å². The van der Waals surface area contributed by atoms with E-state index in [1.165, 1.54) is 13.1 Å². The van der Waals surface area contributed by atoms with Crippen molar-refractivity contribution in [2.75, 3.05) is 7.05 Å². The van der Waals surface area contributed by atoms with Crippen molar-refractivity contribution in [2.24, 2.45) is 5.10 Å². The van der Waals surface area contributed by atoms with Gasteiger partial charge in [-0.2, -0.15) is 5.10 Å². The number of carbonyl (C=O) groups is 1. The van der Waals surface area contributed by atoms with Crippen LogP contribution in [0.25, 0.3) is 0 Å². The number of hydrazone groups is 1. The van der Waals surface area contributed by atoms with Crippen molar-refractivity contribution in [3.05, 3.63) is 12.2 Å². The molecule has 0 aliphatic heterocycles. The predicted molar refractivity (Wildman–Crippen MR) is 37.4 cm³/mol. The maximum Gasteiger partial charge on any atom is 0.160 e. The minimum atomic E-state index is -0.0611. The summed E-state index contributed by atoms with van der Waals surface area (Å²) in [6.45, 7) is 4.90. The lowest BCUT2D eigenvalue weighted by molar-refractivity contribution is -0.113. The van der Waals surface area contributed by atoms with Crippen LogP contribution >= 0.6 is 0 Å². The van der Waals surface area contributed by atoms with Gasteiger partial charge in [0, 0.05) is 12.6 Å². The molecular formula is C6H10N2O. The van der Waals surface area contributed by atoms with Crippen LogP contribution in [0, 0.1) is 0 Å². The molecule has 0 heterocycles. The summed E-state index contributed by atoms with van der Waals surface area (Å²) < 4.78 is 0. The maximum absolute atomic E-state index is 10.4. The van der Waals surface area contributed by atoms with Gasteiger partial charge in [0.25, 0.3) is 0 Å². The normalized spacial score (nSPS) is 9.56. The third-order valence-corrected chi connectivity index (χ3v) is 0.802. The predicted octanol–water partition coefficient (Wildman–Crippen LogP) is 0.337. The fourth-order valence-corrected chi connectivity index (χ4v) is 0.233. The van der Waals surface area contributed by atoms with E-state index in [4.69, 9.17) is 0 Å². The first kappa shape index (κ1) is 7.88. The Morgan fingerprint density at radius 2 is 2.33 bits per heavy atom. The van der Waals surface area contributed by atoms with E-state index in [0.29, 0.717) is 5.57 Å². The number of allylic oxidation sites excluding steroid dienone is 1. The third kappa shape index (κ3) is 3.46. The smallest absolute Gasteiger partial charge is 0.160 e. The highest BCUT2D eigenvalue weighted by atomic mass is 16.1. The standard InChI is InChI=1S/C6H10N2O/c1-5(6(2)9)4-8-7-3/h4,7H,1H2,2-3H3/b8-4-. The van der Waals surface area contributed by atoms with Gasteiger partial charge in [-0.05, 0) is 6.92 Å². The molecule has 0 aliphatic carbocycles. The van der Waals surface area contributed by atoms with Crippen LogP contribution in [-0.2, 0) is 4.79 Å². The monoisotopic (exact) mass is 126 g/mol. The highest BCUT2D eigenvalue weighted by Crippen LogP contribution is 1.84. The Kier molecular flexibility index (Phi) is 3.35. The van der Waals surface area contributed by atoms with Gasteiger partial charge in [-0.25, -0.2) is 0 Å². The Morgan fingerprint density at radius 1 is 1.78 bits per heavy atom. The Hall–Kier alpha value is -1.12. The van der Waals surface area contributed by atoms with E-state index in [9.17, 15) is 4.79 Å². The summed E-state index contributed by atoms with van der Waals surface area (Å²) in [5, 5.41) is 3.60. The van der Waals surface area contributed by atoms with E-state index in [1.54, 1.807) is 7.05 Å². The third-order valence-electron chi connectivity index (χ3n) is 0.802. The average molecular weight is 126 g/mol. The fraction of sp³-hybridized carbons (Fsp3) is 0.333. The number of hydrogen-bond donors (Lipinski definition) is 1. The maximum atomic E-state index is 10.4.